The number of piperazine rings is 1. The monoisotopic (exact) mass is 410 g/mol. The van der Waals surface area contributed by atoms with Crippen molar-refractivity contribution >= 4 is 16.0 Å². The fourth-order valence-electron chi connectivity index (χ4n) is 2.94. The van der Waals surface area contributed by atoms with Gasteiger partial charge in [0, 0.05) is 44.9 Å². The first-order chi connectivity index (χ1) is 13.5. The van der Waals surface area contributed by atoms with E-state index in [-0.39, 0.29) is 5.75 Å². The van der Waals surface area contributed by atoms with Crippen LogP contribution in [0.3, 0.4) is 0 Å². The van der Waals surface area contributed by atoms with Crippen molar-refractivity contribution in [3.8, 4) is 0 Å². The summed E-state index contributed by atoms with van der Waals surface area (Å²) < 4.78 is 36.6. The molecule has 1 N–H and O–H groups in total. The number of aryl methyl sites for hydroxylation is 1. The molecule has 0 aromatic carbocycles. The van der Waals surface area contributed by atoms with Gasteiger partial charge in [0.15, 0.2) is 11.7 Å². The van der Waals surface area contributed by atoms with E-state index in [1.165, 1.54) is 10.6 Å². The minimum atomic E-state index is -3.42. The van der Waals surface area contributed by atoms with Gasteiger partial charge >= 0.3 is 0 Å². The summed E-state index contributed by atoms with van der Waals surface area (Å²) in [5.74, 6) is 1.30. The van der Waals surface area contributed by atoms with Crippen molar-refractivity contribution < 1.29 is 17.5 Å². The van der Waals surface area contributed by atoms with Crippen molar-refractivity contribution in [2.75, 3.05) is 32.7 Å². The summed E-state index contributed by atoms with van der Waals surface area (Å²) in [5, 5.41) is 10.9. The van der Waals surface area contributed by atoms with E-state index in [1.54, 1.807) is 6.07 Å². The van der Waals surface area contributed by atoms with Gasteiger partial charge in [-0.2, -0.15) is 4.31 Å². The second kappa shape index (κ2) is 9.20. The molecule has 0 atom stereocenters. The Hall–Kier alpha value is -2.40. The van der Waals surface area contributed by atoms with E-state index in [2.05, 4.69) is 25.5 Å². The van der Waals surface area contributed by atoms with Crippen molar-refractivity contribution in [1.29, 1.82) is 0 Å². The lowest BCUT2D eigenvalue weighted by Crippen LogP contribution is -2.53. The lowest BCUT2D eigenvalue weighted by atomic mass is 10.3. The van der Waals surface area contributed by atoms with Gasteiger partial charge in [-0.15, -0.1) is 0 Å². The second-order valence-corrected chi connectivity index (χ2v) is 8.41. The Kier molecular flexibility index (Phi) is 6.68. The molecule has 11 heteroatoms. The quantitative estimate of drug-likeness (QED) is 0.527. The molecule has 10 nitrogen and oxygen atoms in total. The van der Waals surface area contributed by atoms with Crippen molar-refractivity contribution in [3.63, 3.8) is 0 Å². The number of aliphatic imine (C=N–C) groups is 1. The Balaban J connectivity index is 1.59. The molecule has 0 spiro atoms. The fraction of sp³-hybridized carbons (Fsp3) is 0.588. The first kappa shape index (κ1) is 20.3. The van der Waals surface area contributed by atoms with Crippen molar-refractivity contribution in [1.82, 2.24) is 24.8 Å². The zero-order valence-electron chi connectivity index (χ0n) is 16.2. The molecule has 2 aromatic heterocycles. The van der Waals surface area contributed by atoms with Gasteiger partial charge in [0.05, 0.1) is 11.4 Å². The maximum Gasteiger partial charge on any atom is 0.220 e. The number of hydrogen-bond donors (Lipinski definition) is 1. The topological polar surface area (TPSA) is 117 Å². The molecule has 28 heavy (non-hydrogen) atoms. The highest BCUT2D eigenvalue weighted by Gasteiger charge is 2.29. The maximum absolute atomic E-state index is 12.6. The van der Waals surface area contributed by atoms with Crippen LogP contribution in [0.15, 0.2) is 32.4 Å². The molecule has 1 fully saturated rings. The first-order valence-electron chi connectivity index (χ1n) is 9.36. The Labute approximate surface area is 164 Å². The first-order valence-corrected chi connectivity index (χ1v) is 11.0. The van der Waals surface area contributed by atoms with Crippen LogP contribution in [0.25, 0.3) is 0 Å². The third kappa shape index (κ3) is 5.10. The number of rotatable bonds is 7. The molecule has 0 saturated carbocycles. The summed E-state index contributed by atoms with van der Waals surface area (Å²) in [6.07, 6.45) is 2.19. The van der Waals surface area contributed by atoms with Crippen molar-refractivity contribution in [2.45, 2.75) is 32.6 Å². The van der Waals surface area contributed by atoms with Crippen LogP contribution >= 0.6 is 0 Å². The summed E-state index contributed by atoms with van der Waals surface area (Å²) in [6.45, 7) is 7.03. The highest BCUT2D eigenvalue weighted by Crippen LogP contribution is 2.13. The van der Waals surface area contributed by atoms with E-state index in [9.17, 15) is 8.42 Å². The molecule has 1 saturated heterocycles. The molecular formula is C17H26N6O4S. The van der Waals surface area contributed by atoms with E-state index < -0.39 is 10.0 Å². The third-order valence-electron chi connectivity index (χ3n) is 4.44. The van der Waals surface area contributed by atoms with Crippen LogP contribution in [0.2, 0.25) is 0 Å². The summed E-state index contributed by atoms with van der Waals surface area (Å²) >= 11 is 0. The van der Waals surface area contributed by atoms with E-state index >= 15 is 0 Å². The number of nitrogens with one attached hydrogen (secondary N) is 1. The molecule has 3 rings (SSSR count). The molecule has 1 aliphatic rings. The van der Waals surface area contributed by atoms with Crippen molar-refractivity contribution in [2.24, 2.45) is 4.99 Å². The van der Waals surface area contributed by atoms with Gasteiger partial charge in [-0.1, -0.05) is 17.2 Å². The number of hydrogen-bond acceptors (Lipinski definition) is 7. The highest BCUT2D eigenvalue weighted by atomic mass is 32.2. The summed E-state index contributed by atoms with van der Waals surface area (Å²) in [6, 6.07) is 3.47. The minimum absolute atomic E-state index is 0.150. The van der Waals surface area contributed by atoms with Gasteiger partial charge in [0.1, 0.15) is 18.6 Å². The van der Waals surface area contributed by atoms with Gasteiger partial charge in [-0.3, -0.25) is 0 Å². The highest BCUT2D eigenvalue weighted by molar-refractivity contribution is 7.88. The summed E-state index contributed by atoms with van der Waals surface area (Å²) in [5.41, 5.74) is 1.32. The van der Waals surface area contributed by atoms with Crippen LogP contribution in [0.5, 0.6) is 0 Å². The average molecular weight is 411 g/mol. The standard InChI is InChI=1S/C17H26N6O4S/c1-3-14-11-16(27-21-14)12-19-17(18-4-2)22-6-8-23(9-7-22)28(24,25)13-15-5-10-26-20-15/h5,10-11H,3-4,6-9,12-13H2,1-2H3,(H,18,19). The van der Waals surface area contributed by atoms with Crippen LogP contribution in [-0.4, -0.2) is 66.6 Å². The van der Waals surface area contributed by atoms with E-state index in [1.807, 2.05) is 19.9 Å². The molecule has 0 bridgehead atoms. The second-order valence-electron chi connectivity index (χ2n) is 6.44. The SMILES string of the molecule is CCNC(=NCc1cc(CC)no1)N1CCN(S(=O)(=O)Cc2ccon2)CC1. The van der Waals surface area contributed by atoms with Crippen LogP contribution < -0.4 is 5.32 Å². The van der Waals surface area contributed by atoms with Crippen molar-refractivity contribution in [3.05, 3.63) is 35.5 Å². The van der Waals surface area contributed by atoms with Gasteiger partial charge in [0.25, 0.3) is 0 Å². The largest absolute Gasteiger partial charge is 0.364 e. The number of sulfonamides is 1. The predicted octanol–water partition coefficient (Wildman–Crippen LogP) is 0.838. The smallest absolute Gasteiger partial charge is 0.220 e. The molecule has 0 unspecified atom stereocenters. The Morgan fingerprint density at radius 2 is 2.00 bits per heavy atom. The van der Waals surface area contributed by atoms with Crippen LogP contribution in [0.1, 0.15) is 31.0 Å². The molecule has 0 radical (unpaired) electrons. The maximum atomic E-state index is 12.6. The van der Waals surface area contributed by atoms with E-state index in [4.69, 9.17) is 9.05 Å². The molecule has 154 valence electrons. The number of nitrogens with zero attached hydrogens (tertiary/aromatic N) is 5. The van der Waals surface area contributed by atoms with Gasteiger partial charge < -0.3 is 19.3 Å². The summed E-state index contributed by atoms with van der Waals surface area (Å²) in [4.78, 5) is 6.67. The number of aromatic nitrogens is 2. The lowest BCUT2D eigenvalue weighted by Gasteiger charge is -2.35. The Morgan fingerprint density at radius 1 is 1.21 bits per heavy atom. The molecule has 1 aliphatic heterocycles. The van der Waals surface area contributed by atoms with Crippen LogP contribution in [0.4, 0.5) is 0 Å². The van der Waals surface area contributed by atoms with Gasteiger partial charge in [-0.25, -0.2) is 13.4 Å². The zero-order chi connectivity index (χ0) is 20.0. The van der Waals surface area contributed by atoms with Gasteiger partial charge in [0.2, 0.25) is 10.0 Å². The third-order valence-corrected chi connectivity index (χ3v) is 6.26. The predicted molar refractivity (Wildman–Crippen MR) is 103 cm³/mol. The van der Waals surface area contributed by atoms with E-state index in [0.717, 1.165) is 24.6 Å². The minimum Gasteiger partial charge on any atom is -0.364 e. The zero-order valence-corrected chi connectivity index (χ0v) is 17.0. The molecule has 3 heterocycles. The molecule has 2 aromatic rings. The van der Waals surface area contributed by atoms with Gasteiger partial charge in [-0.05, 0) is 13.3 Å². The van der Waals surface area contributed by atoms with Crippen LogP contribution in [0, 0.1) is 0 Å². The van der Waals surface area contributed by atoms with E-state index in [0.29, 0.717) is 44.2 Å². The fourth-order valence-corrected chi connectivity index (χ4v) is 4.37. The Morgan fingerprint density at radius 3 is 2.61 bits per heavy atom. The van der Waals surface area contributed by atoms with Crippen LogP contribution in [-0.2, 0) is 28.7 Å². The Bertz CT molecular complexity index is 869. The number of guanidine groups is 1. The normalized spacial score (nSPS) is 16.5. The average Bonchev–Trinajstić information content (AvgIpc) is 3.36. The lowest BCUT2D eigenvalue weighted by molar-refractivity contribution is 0.259. The molecular weight excluding hydrogens is 384 g/mol. The molecule has 0 amide bonds. The summed E-state index contributed by atoms with van der Waals surface area (Å²) in [7, 11) is -3.42. The molecule has 0 aliphatic carbocycles.